The van der Waals surface area contributed by atoms with E-state index < -0.39 is 0 Å². The van der Waals surface area contributed by atoms with Crippen molar-refractivity contribution in [3.05, 3.63) is 53.9 Å². The highest BCUT2D eigenvalue weighted by Crippen LogP contribution is 2.22. The van der Waals surface area contributed by atoms with Gasteiger partial charge in [0.05, 0.1) is 17.1 Å². The van der Waals surface area contributed by atoms with Gasteiger partial charge in [-0.3, -0.25) is 4.98 Å². The summed E-state index contributed by atoms with van der Waals surface area (Å²) in [6, 6.07) is 12.0. The third kappa shape index (κ3) is 2.38. The molecule has 4 nitrogen and oxygen atoms in total. The van der Waals surface area contributed by atoms with Crippen LogP contribution in [0.1, 0.15) is 11.3 Å². The summed E-state index contributed by atoms with van der Waals surface area (Å²) in [4.78, 5) is 7.88. The molecule has 0 unspecified atom stereocenters. The van der Waals surface area contributed by atoms with Crippen LogP contribution in [0, 0.1) is 13.8 Å². The molecule has 0 aliphatic rings. The van der Waals surface area contributed by atoms with Crippen molar-refractivity contribution in [1.82, 2.24) is 20.2 Å². The van der Waals surface area contributed by atoms with Crippen molar-refractivity contribution in [3.63, 3.8) is 0 Å². The standard InChI is InChI=1S/C15H14N4/c1-10-8-11(2)17-15(9-10)13-6-5-12(18-13)14-4-3-7-16-19-14/h3-9,18H,1-2H3. The SMILES string of the molecule is Cc1cc(C)nc(-c2ccc(-c3cccnn3)[nH]2)c1. The van der Waals surface area contributed by atoms with Gasteiger partial charge in [0.25, 0.3) is 0 Å². The lowest BCUT2D eigenvalue weighted by Gasteiger charge is -2.02. The highest BCUT2D eigenvalue weighted by molar-refractivity contribution is 5.64. The molecule has 94 valence electrons. The fourth-order valence-electron chi connectivity index (χ4n) is 2.12. The second-order valence-corrected chi connectivity index (χ2v) is 4.57. The van der Waals surface area contributed by atoms with Crippen LogP contribution >= 0.6 is 0 Å². The predicted octanol–water partition coefficient (Wildman–Crippen LogP) is 3.15. The van der Waals surface area contributed by atoms with Gasteiger partial charge < -0.3 is 4.98 Å². The molecule has 0 radical (unpaired) electrons. The third-order valence-corrected chi connectivity index (χ3v) is 2.91. The van der Waals surface area contributed by atoms with Crippen LogP contribution in [0.3, 0.4) is 0 Å². The third-order valence-electron chi connectivity index (χ3n) is 2.91. The summed E-state index contributed by atoms with van der Waals surface area (Å²) in [6.07, 6.45) is 1.67. The fraction of sp³-hybridized carbons (Fsp3) is 0.133. The van der Waals surface area contributed by atoms with E-state index in [4.69, 9.17) is 0 Å². The summed E-state index contributed by atoms with van der Waals surface area (Å²) in [6.45, 7) is 4.08. The summed E-state index contributed by atoms with van der Waals surface area (Å²) in [5, 5.41) is 7.98. The van der Waals surface area contributed by atoms with Crippen molar-refractivity contribution in [2.45, 2.75) is 13.8 Å². The molecule has 0 fully saturated rings. The molecular weight excluding hydrogens is 236 g/mol. The van der Waals surface area contributed by atoms with Gasteiger partial charge in [-0.2, -0.15) is 5.10 Å². The highest BCUT2D eigenvalue weighted by atomic mass is 15.1. The Morgan fingerprint density at radius 2 is 1.74 bits per heavy atom. The van der Waals surface area contributed by atoms with E-state index >= 15 is 0 Å². The maximum atomic E-state index is 4.54. The minimum absolute atomic E-state index is 0.832. The van der Waals surface area contributed by atoms with Gasteiger partial charge >= 0.3 is 0 Å². The molecule has 3 aromatic heterocycles. The molecule has 0 saturated carbocycles. The van der Waals surface area contributed by atoms with E-state index in [2.05, 4.69) is 39.2 Å². The number of aryl methyl sites for hydroxylation is 2. The minimum Gasteiger partial charge on any atom is -0.352 e. The summed E-state index contributed by atoms with van der Waals surface area (Å²) in [5.41, 5.74) is 5.95. The zero-order valence-corrected chi connectivity index (χ0v) is 10.9. The fourth-order valence-corrected chi connectivity index (χ4v) is 2.12. The van der Waals surface area contributed by atoms with Gasteiger partial charge in [-0.05, 0) is 55.8 Å². The van der Waals surface area contributed by atoms with Crippen LogP contribution in [-0.4, -0.2) is 20.2 Å². The Labute approximate surface area is 111 Å². The first kappa shape index (κ1) is 11.6. The van der Waals surface area contributed by atoms with E-state index in [1.165, 1.54) is 5.56 Å². The van der Waals surface area contributed by atoms with Crippen molar-refractivity contribution in [3.8, 4) is 22.8 Å². The quantitative estimate of drug-likeness (QED) is 0.760. The number of rotatable bonds is 2. The van der Waals surface area contributed by atoms with E-state index in [9.17, 15) is 0 Å². The second-order valence-electron chi connectivity index (χ2n) is 4.57. The van der Waals surface area contributed by atoms with Crippen LogP contribution in [0.15, 0.2) is 42.6 Å². The number of nitrogens with one attached hydrogen (secondary N) is 1. The molecule has 4 heteroatoms. The number of aromatic amines is 1. The molecule has 0 spiro atoms. The molecule has 0 aliphatic carbocycles. The number of hydrogen-bond acceptors (Lipinski definition) is 3. The summed E-state index contributed by atoms with van der Waals surface area (Å²) in [5.74, 6) is 0. The number of hydrogen-bond donors (Lipinski definition) is 1. The normalized spacial score (nSPS) is 10.6. The smallest absolute Gasteiger partial charge is 0.109 e. The summed E-state index contributed by atoms with van der Waals surface area (Å²) >= 11 is 0. The summed E-state index contributed by atoms with van der Waals surface area (Å²) in [7, 11) is 0. The largest absolute Gasteiger partial charge is 0.352 e. The van der Waals surface area contributed by atoms with Gasteiger partial charge in [0.15, 0.2) is 0 Å². The van der Waals surface area contributed by atoms with E-state index in [0.29, 0.717) is 0 Å². The average Bonchev–Trinajstić information content (AvgIpc) is 2.88. The van der Waals surface area contributed by atoms with Crippen LogP contribution in [0.5, 0.6) is 0 Å². The Balaban J connectivity index is 2.02. The van der Waals surface area contributed by atoms with E-state index in [0.717, 1.165) is 28.5 Å². The Morgan fingerprint density at radius 3 is 2.42 bits per heavy atom. The summed E-state index contributed by atoms with van der Waals surface area (Å²) < 4.78 is 0. The number of H-pyrrole nitrogens is 1. The Kier molecular flexibility index (Phi) is 2.83. The topological polar surface area (TPSA) is 54.5 Å². The molecule has 0 aromatic carbocycles. The molecule has 19 heavy (non-hydrogen) atoms. The van der Waals surface area contributed by atoms with Crippen molar-refractivity contribution in [1.29, 1.82) is 0 Å². The Bertz CT molecular complexity index is 681. The maximum absolute atomic E-state index is 4.54. The minimum atomic E-state index is 0.832. The van der Waals surface area contributed by atoms with Crippen molar-refractivity contribution in [2.75, 3.05) is 0 Å². The highest BCUT2D eigenvalue weighted by Gasteiger charge is 2.06. The predicted molar refractivity (Wildman–Crippen MR) is 74.5 cm³/mol. The zero-order valence-electron chi connectivity index (χ0n) is 10.9. The van der Waals surface area contributed by atoms with E-state index in [1.807, 2.05) is 31.2 Å². The van der Waals surface area contributed by atoms with Gasteiger partial charge in [-0.15, -0.1) is 5.10 Å². The Morgan fingerprint density at radius 1 is 0.947 bits per heavy atom. The van der Waals surface area contributed by atoms with Gasteiger partial charge in [0.1, 0.15) is 5.69 Å². The molecule has 1 N–H and O–H groups in total. The lowest BCUT2D eigenvalue weighted by atomic mass is 10.2. The van der Waals surface area contributed by atoms with E-state index in [1.54, 1.807) is 6.20 Å². The monoisotopic (exact) mass is 250 g/mol. The van der Waals surface area contributed by atoms with Crippen molar-refractivity contribution in [2.24, 2.45) is 0 Å². The van der Waals surface area contributed by atoms with Crippen LogP contribution in [0.25, 0.3) is 22.8 Å². The molecule has 0 amide bonds. The second kappa shape index (κ2) is 4.65. The first-order chi connectivity index (χ1) is 9.22. The molecule has 3 heterocycles. The first-order valence-electron chi connectivity index (χ1n) is 6.15. The molecule has 0 saturated heterocycles. The molecule has 3 aromatic rings. The molecule has 0 bridgehead atoms. The van der Waals surface area contributed by atoms with Gasteiger partial charge in [0.2, 0.25) is 0 Å². The van der Waals surface area contributed by atoms with Gasteiger partial charge in [-0.1, -0.05) is 0 Å². The number of pyridine rings is 1. The molecule has 3 rings (SSSR count). The van der Waals surface area contributed by atoms with Gasteiger partial charge in [-0.25, -0.2) is 0 Å². The Hall–Kier alpha value is -2.49. The lowest BCUT2D eigenvalue weighted by Crippen LogP contribution is -1.90. The first-order valence-corrected chi connectivity index (χ1v) is 6.15. The molecular formula is C15H14N4. The van der Waals surface area contributed by atoms with Crippen LogP contribution in [0.2, 0.25) is 0 Å². The van der Waals surface area contributed by atoms with Crippen LogP contribution < -0.4 is 0 Å². The van der Waals surface area contributed by atoms with E-state index in [-0.39, 0.29) is 0 Å². The van der Waals surface area contributed by atoms with Gasteiger partial charge in [0, 0.05) is 11.9 Å². The lowest BCUT2D eigenvalue weighted by molar-refractivity contribution is 1.03. The number of aromatic nitrogens is 4. The molecule has 0 atom stereocenters. The molecule has 0 aliphatic heterocycles. The maximum Gasteiger partial charge on any atom is 0.109 e. The van der Waals surface area contributed by atoms with Crippen molar-refractivity contribution >= 4 is 0 Å². The number of nitrogens with zero attached hydrogens (tertiary/aromatic N) is 3. The zero-order chi connectivity index (χ0) is 13.2. The van der Waals surface area contributed by atoms with Crippen LogP contribution in [-0.2, 0) is 0 Å². The average molecular weight is 250 g/mol. The van der Waals surface area contributed by atoms with Crippen molar-refractivity contribution < 1.29 is 0 Å². The van der Waals surface area contributed by atoms with Crippen LogP contribution in [0.4, 0.5) is 0 Å².